The van der Waals surface area contributed by atoms with Crippen LogP contribution >= 0.6 is 27.7 Å². The van der Waals surface area contributed by atoms with Crippen molar-refractivity contribution in [1.29, 1.82) is 0 Å². The highest BCUT2D eigenvalue weighted by molar-refractivity contribution is 9.10. The molecule has 0 atom stereocenters. The number of hydrogen-bond acceptors (Lipinski definition) is 4. The number of rotatable bonds is 4. The van der Waals surface area contributed by atoms with Crippen LogP contribution in [0.5, 0.6) is 0 Å². The van der Waals surface area contributed by atoms with Crippen LogP contribution in [0.2, 0.25) is 0 Å². The van der Waals surface area contributed by atoms with E-state index in [9.17, 15) is 4.79 Å². The third-order valence-electron chi connectivity index (χ3n) is 2.44. The summed E-state index contributed by atoms with van der Waals surface area (Å²) in [6.07, 6.45) is 0. The Bertz CT molecular complexity index is 607. The van der Waals surface area contributed by atoms with Crippen LogP contribution in [0.3, 0.4) is 0 Å². The van der Waals surface area contributed by atoms with Gasteiger partial charge in [0.15, 0.2) is 5.16 Å². The van der Waals surface area contributed by atoms with Gasteiger partial charge in [-0.25, -0.2) is 9.89 Å². The Morgan fingerprint density at radius 1 is 1.56 bits per heavy atom. The molecular formula is C11H13BrN4OS. The third-order valence-corrected chi connectivity index (χ3v) is 4.08. The van der Waals surface area contributed by atoms with Gasteiger partial charge < -0.3 is 5.32 Å². The van der Waals surface area contributed by atoms with E-state index in [0.29, 0.717) is 5.16 Å². The van der Waals surface area contributed by atoms with Gasteiger partial charge in [-0.15, -0.1) is 5.10 Å². The molecule has 0 spiro atoms. The molecule has 7 heteroatoms. The average Bonchev–Trinajstić information content (AvgIpc) is 2.65. The molecule has 2 rings (SSSR count). The zero-order valence-corrected chi connectivity index (χ0v) is 12.4. The van der Waals surface area contributed by atoms with Gasteiger partial charge in [0.2, 0.25) is 0 Å². The number of hydrogen-bond donors (Lipinski definition) is 2. The molecule has 0 bridgehead atoms. The van der Waals surface area contributed by atoms with Crippen molar-refractivity contribution in [3.63, 3.8) is 0 Å². The first-order chi connectivity index (χ1) is 8.61. The van der Waals surface area contributed by atoms with Gasteiger partial charge in [0.05, 0.1) is 0 Å². The smallest absolute Gasteiger partial charge is 0.316 e. The zero-order chi connectivity index (χ0) is 13.1. The normalized spacial score (nSPS) is 10.8. The highest BCUT2D eigenvalue weighted by Crippen LogP contribution is 2.30. The quantitative estimate of drug-likeness (QED) is 0.897. The Balaban J connectivity index is 2.35. The average molecular weight is 329 g/mol. The molecule has 0 amide bonds. The maximum Gasteiger partial charge on any atom is 0.343 e. The molecule has 18 heavy (non-hydrogen) atoms. The Morgan fingerprint density at radius 3 is 2.94 bits per heavy atom. The van der Waals surface area contributed by atoms with E-state index < -0.39 is 0 Å². The van der Waals surface area contributed by atoms with E-state index in [1.165, 1.54) is 21.9 Å². The molecule has 0 aliphatic carbocycles. The maximum absolute atomic E-state index is 11.3. The van der Waals surface area contributed by atoms with Crippen LogP contribution in [-0.2, 0) is 13.6 Å². The molecule has 0 aliphatic heterocycles. The van der Waals surface area contributed by atoms with Crippen molar-refractivity contribution in [2.24, 2.45) is 7.05 Å². The van der Waals surface area contributed by atoms with Crippen molar-refractivity contribution in [2.75, 3.05) is 7.05 Å². The Labute approximate surface area is 117 Å². The Hall–Kier alpha value is -1.05. The number of H-pyrrole nitrogens is 1. The van der Waals surface area contributed by atoms with Crippen LogP contribution in [0.25, 0.3) is 0 Å². The predicted molar refractivity (Wildman–Crippen MR) is 74.9 cm³/mol. The van der Waals surface area contributed by atoms with Crippen molar-refractivity contribution < 1.29 is 0 Å². The van der Waals surface area contributed by atoms with Gasteiger partial charge in [0.25, 0.3) is 0 Å². The molecule has 0 saturated heterocycles. The van der Waals surface area contributed by atoms with E-state index >= 15 is 0 Å². The van der Waals surface area contributed by atoms with Gasteiger partial charge >= 0.3 is 5.69 Å². The fraction of sp³-hybridized carbons (Fsp3) is 0.273. The molecule has 1 aromatic heterocycles. The van der Waals surface area contributed by atoms with Crippen molar-refractivity contribution in [3.05, 3.63) is 38.7 Å². The van der Waals surface area contributed by atoms with Crippen molar-refractivity contribution in [1.82, 2.24) is 20.1 Å². The molecular weight excluding hydrogens is 316 g/mol. The van der Waals surface area contributed by atoms with Crippen LogP contribution in [0.4, 0.5) is 0 Å². The second-order valence-electron chi connectivity index (χ2n) is 3.75. The molecule has 2 aromatic rings. The Kier molecular flexibility index (Phi) is 4.26. The standard InChI is InChI=1S/C11H13BrN4OS/c1-13-6-7-3-4-8(12)5-9(7)18-11-15-14-10(17)16(11)2/h3-5,13H,6H2,1-2H3,(H,14,17). The number of aromatic amines is 1. The molecule has 5 nitrogen and oxygen atoms in total. The number of nitrogens with zero attached hydrogens (tertiary/aromatic N) is 2. The van der Waals surface area contributed by atoms with Crippen molar-refractivity contribution in [2.45, 2.75) is 16.6 Å². The van der Waals surface area contributed by atoms with E-state index in [1.54, 1.807) is 7.05 Å². The highest BCUT2D eigenvalue weighted by Gasteiger charge is 2.10. The molecule has 0 saturated carbocycles. The minimum Gasteiger partial charge on any atom is -0.316 e. The second-order valence-corrected chi connectivity index (χ2v) is 5.68. The summed E-state index contributed by atoms with van der Waals surface area (Å²) in [5.74, 6) is 0. The van der Waals surface area contributed by atoms with Crippen LogP contribution in [-0.4, -0.2) is 21.8 Å². The molecule has 1 aromatic carbocycles. The molecule has 0 aliphatic rings. The number of benzene rings is 1. The zero-order valence-electron chi connectivity index (χ0n) is 10.0. The van der Waals surface area contributed by atoms with Gasteiger partial charge in [-0.1, -0.05) is 22.0 Å². The third kappa shape index (κ3) is 2.85. The van der Waals surface area contributed by atoms with Crippen molar-refractivity contribution in [3.8, 4) is 0 Å². The summed E-state index contributed by atoms with van der Waals surface area (Å²) in [6, 6.07) is 6.07. The highest BCUT2D eigenvalue weighted by atomic mass is 79.9. The molecule has 1 heterocycles. The first-order valence-electron chi connectivity index (χ1n) is 5.34. The summed E-state index contributed by atoms with van der Waals surface area (Å²) in [5.41, 5.74) is 0.962. The fourth-order valence-electron chi connectivity index (χ4n) is 1.48. The SMILES string of the molecule is CNCc1ccc(Br)cc1Sc1n[nH]c(=O)n1C. The summed E-state index contributed by atoms with van der Waals surface area (Å²) in [5, 5.41) is 10.2. The first-order valence-corrected chi connectivity index (χ1v) is 6.95. The number of halogens is 1. The summed E-state index contributed by atoms with van der Waals surface area (Å²) in [6.45, 7) is 0.772. The van der Waals surface area contributed by atoms with Gasteiger partial charge in [-0.2, -0.15) is 0 Å². The van der Waals surface area contributed by atoms with Gasteiger partial charge in [-0.05, 0) is 36.5 Å². The van der Waals surface area contributed by atoms with Crippen molar-refractivity contribution >= 4 is 27.7 Å². The van der Waals surface area contributed by atoms with Crippen LogP contribution in [0.1, 0.15) is 5.56 Å². The first kappa shape index (κ1) is 13.4. The lowest BCUT2D eigenvalue weighted by molar-refractivity contribution is 0.763. The monoisotopic (exact) mass is 328 g/mol. The molecule has 0 radical (unpaired) electrons. The lowest BCUT2D eigenvalue weighted by atomic mass is 10.2. The largest absolute Gasteiger partial charge is 0.343 e. The number of aromatic nitrogens is 3. The summed E-state index contributed by atoms with van der Waals surface area (Å²) < 4.78 is 2.50. The lowest BCUT2D eigenvalue weighted by Gasteiger charge is -2.08. The van der Waals surface area contributed by atoms with Gasteiger partial charge in [-0.3, -0.25) is 4.57 Å². The van der Waals surface area contributed by atoms with Crippen LogP contribution < -0.4 is 11.0 Å². The minimum atomic E-state index is -0.206. The number of nitrogens with one attached hydrogen (secondary N) is 2. The van der Waals surface area contributed by atoms with E-state index in [4.69, 9.17) is 0 Å². The topological polar surface area (TPSA) is 62.7 Å². The molecule has 0 fully saturated rings. The molecule has 96 valence electrons. The summed E-state index contributed by atoms with van der Waals surface area (Å²) >= 11 is 4.92. The van der Waals surface area contributed by atoms with E-state index in [1.807, 2.05) is 25.2 Å². The van der Waals surface area contributed by atoms with E-state index in [-0.39, 0.29) is 5.69 Å². The Morgan fingerprint density at radius 2 is 2.33 bits per heavy atom. The summed E-state index contributed by atoms with van der Waals surface area (Å²) in [4.78, 5) is 12.4. The fourth-order valence-corrected chi connectivity index (χ4v) is 2.96. The van der Waals surface area contributed by atoms with Crippen LogP contribution in [0, 0.1) is 0 Å². The van der Waals surface area contributed by atoms with E-state index in [2.05, 4.69) is 31.4 Å². The van der Waals surface area contributed by atoms with E-state index in [0.717, 1.165) is 15.9 Å². The van der Waals surface area contributed by atoms with Crippen LogP contribution in [0.15, 0.2) is 37.5 Å². The van der Waals surface area contributed by atoms with Gasteiger partial charge in [0.1, 0.15) is 0 Å². The molecule has 0 unspecified atom stereocenters. The summed E-state index contributed by atoms with van der Waals surface area (Å²) in [7, 11) is 3.60. The maximum atomic E-state index is 11.3. The second kappa shape index (κ2) is 5.73. The minimum absolute atomic E-state index is 0.206. The lowest BCUT2D eigenvalue weighted by Crippen LogP contribution is -2.13. The molecule has 2 N–H and O–H groups in total. The predicted octanol–water partition coefficient (Wildman–Crippen LogP) is 1.74. The van der Waals surface area contributed by atoms with Gasteiger partial charge in [0, 0.05) is 23.0 Å².